The number of benzene rings is 6. The van der Waals surface area contributed by atoms with Crippen molar-refractivity contribution < 1.29 is 26.2 Å². The van der Waals surface area contributed by atoms with Crippen molar-refractivity contribution in [1.82, 2.24) is 14.5 Å². The van der Waals surface area contributed by atoms with Gasteiger partial charge in [0.1, 0.15) is 11.6 Å². The SMILES string of the molecule is Cc1ccc(-c2ccnc(-c3[c-]c(-c4cccc5c4nc(-c4cc(C(C)C)cc(C(C)C)c4O)n5-c4ccc(C(C)(C)C)cc4-c4ccc(C(C)(C)C)cc4)cc(C(C)(C)C)c3)c2)cc1.[Pt]. The number of phenols is 1. The molecular weight excluding hydrogens is 986 g/mol. The van der Waals surface area contributed by atoms with Gasteiger partial charge in [0.25, 0.3) is 0 Å². The monoisotopic (exact) mass is 1050 g/mol. The van der Waals surface area contributed by atoms with Gasteiger partial charge in [-0.05, 0) is 104 Å². The summed E-state index contributed by atoms with van der Waals surface area (Å²) in [6.07, 6.45) is 1.90. The van der Waals surface area contributed by atoms with Crippen LogP contribution in [0.2, 0.25) is 0 Å². The first kappa shape index (κ1) is 48.4. The molecule has 8 aromatic rings. The Bertz CT molecular complexity index is 3040. The summed E-state index contributed by atoms with van der Waals surface area (Å²) >= 11 is 0. The molecule has 0 unspecified atom stereocenters. The summed E-state index contributed by atoms with van der Waals surface area (Å²) in [5.74, 6) is 1.32. The van der Waals surface area contributed by atoms with Crippen LogP contribution in [0.4, 0.5) is 0 Å². The van der Waals surface area contributed by atoms with Crippen LogP contribution in [0.5, 0.6) is 5.75 Å². The van der Waals surface area contributed by atoms with Crippen LogP contribution in [0.25, 0.3) is 72.7 Å². The number of fused-ring (bicyclic) bond motifs is 1. The van der Waals surface area contributed by atoms with Gasteiger partial charge >= 0.3 is 0 Å². The van der Waals surface area contributed by atoms with E-state index in [1.165, 1.54) is 22.3 Å². The van der Waals surface area contributed by atoms with Crippen molar-refractivity contribution in [1.29, 1.82) is 0 Å². The van der Waals surface area contributed by atoms with Crippen LogP contribution in [-0.4, -0.2) is 19.6 Å². The zero-order valence-electron chi connectivity index (χ0n) is 41.4. The van der Waals surface area contributed by atoms with Gasteiger partial charge in [0.05, 0.1) is 22.3 Å². The third-order valence-corrected chi connectivity index (χ3v) is 13.0. The molecule has 5 heteroatoms. The van der Waals surface area contributed by atoms with Gasteiger partial charge in [0.2, 0.25) is 0 Å². The van der Waals surface area contributed by atoms with Crippen LogP contribution in [0.1, 0.15) is 135 Å². The summed E-state index contributed by atoms with van der Waals surface area (Å²) in [6.45, 7) is 31.2. The molecule has 66 heavy (non-hydrogen) atoms. The Morgan fingerprint density at radius 3 is 1.80 bits per heavy atom. The minimum Gasteiger partial charge on any atom is -0.507 e. The normalized spacial score (nSPS) is 12.3. The summed E-state index contributed by atoms with van der Waals surface area (Å²) in [5.41, 5.74) is 18.5. The molecule has 0 amide bonds. The van der Waals surface area contributed by atoms with Crippen molar-refractivity contribution in [3.05, 3.63) is 167 Å². The molecule has 0 aliphatic rings. The van der Waals surface area contributed by atoms with Gasteiger partial charge in [-0.15, -0.1) is 29.3 Å². The predicted molar refractivity (Wildman–Crippen MR) is 276 cm³/mol. The summed E-state index contributed by atoms with van der Waals surface area (Å²) in [5, 5.41) is 12.4. The van der Waals surface area contributed by atoms with E-state index < -0.39 is 0 Å². The maximum absolute atomic E-state index is 12.4. The number of pyridine rings is 1. The Labute approximate surface area is 408 Å². The number of rotatable bonds is 8. The molecule has 2 heterocycles. The van der Waals surface area contributed by atoms with Gasteiger partial charge in [-0.3, -0.25) is 9.55 Å². The number of hydrogen-bond donors (Lipinski definition) is 1. The molecule has 0 fully saturated rings. The molecule has 342 valence electrons. The van der Waals surface area contributed by atoms with Gasteiger partial charge in [0.15, 0.2) is 0 Å². The third kappa shape index (κ3) is 9.63. The van der Waals surface area contributed by atoms with E-state index >= 15 is 0 Å². The van der Waals surface area contributed by atoms with E-state index in [9.17, 15) is 5.11 Å². The van der Waals surface area contributed by atoms with Crippen LogP contribution < -0.4 is 0 Å². The average Bonchev–Trinajstić information content (AvgIpc) is 3.65. The summed E-state index contributed by atoms with van der Waals surface area (Å²) in [4.78, 5) is 10.6. The maximum atomic E-state index is 12.4. The van der Waals surface area contributed by atoms with Crippen molar-refractivity contribution in [3.8, 4) is 67.5 Å². The van der Waals surface area contributed by atoms with Crippen LogP contribution in [0.15, 0.2) is 128 Å². The molecule has 0 saturated carbocycles. The minimum absolute atomic E-state index is 0. The van der Waals surface area contributed by atoms with Crippen molar-refractivity contribution >= 4 is 11.0 Å². The molecule has 0 radical (unpaired) electrons. The minimum atomic E-state index is -0.159. The van der Waals surface area contributed by atoms with E-state index in [4.69, 9.17) is 9.97 Å². The first-order chi connectivity index (χ1) is 30.6. The Balaban J connectivity index is 0.00000648. The second-order valence-electron chi connectivity index (χ2n) is 21.8. The first-order valence-corrected chi connectivity index (χ1v) is 23.3. The zero-order chi connectivity index (χ0) is 46.7. The number of phenolic OH excluding ortho intramolecular Hbond substituents is 1. The molecule has 0 atom stereocenters. The molecule has 1 N–H and O–H groups in total. The Morgan fingerprint density at radius 1 is 0.561 bits per heavy atom. The maximum Gasteiger partial charge on any atom is 0.148 e. The van der Waals surface area contributed by atoms with Gasteiger partial charge in [-0.2, -0.15) is 0 Å². The van der Waals surface area contributed by atoms with E-state index in [0.717, 1.165) is 78.0 Å². The van der Waals surface area contributed by atoms with Gasteiger partial charge in [-0.25, -0.2) is 4.98 Å². The quantitative estimate of drug-likeness (QED) is 0.154. The Morgan fingerprint density at radius 2 is 1.18 bits per heavy atom. The summed E-state index contributed by atoms with van der Waals surface area (Å²) < 4.78 is 2.29. The fraction of sp³-hybridized carbons (Fsp3) is 0.311. The number of aromatic nitrogens is 3. The number of hydrogen-bond acceptors (Lipinski definition) is 3. The van der Waals surface area contributed by atoms with E-state index in [0.29, 0.717) is 5.82 Å². The zero-order valence-corrected chi connectivity index (χ0v) is 43.7. The second-order valence-corrected chi connectivity index (χ2v) is 21.8. The molecule has 2 aromatic heterocycles. The van der Waals surface area contributed by atoms with Crippen LogP contribution in [0.3, 0.4) is 0 Å². The van der Waals surface area contributed by atoms with Crippen molar-refractivity contribution in [2.24, 2.45) is 0 Å². The topological polar surface area (TPSA) is 50.9 Å². The van der Waals surface area contributed by atoms with Crippen molar-refractivity contribution in [3.63, 3.8) is 0 Å². The number of aromatic hydroxyl groups is 1. The van der Waals surface area contributed by atoms with E-state index in [-0.39, 0.29) is 54.9 Å². The van der Waals surface area contributed by atoms with Gasteiger partial charge in [0, 0.05) is 38.5 Å². The number of para-hydroxylation sites is 1. The number of nitrogens with zero attached hydrogens (tertiary/aromatic N) is 3. The molecule has 0 aliphatic carbocycles. The molecule has 6 aromatic carbocycles. The van der Waals surface area contributed by atoms with Crippen molar-refractivity contribution in [2.75, 3.05) is 0 Å². The molecule has 0 saturated heterocycles. The molecular formula is C61H66N3OPt-. The van der Waals surface area contributed by atoms with E-state index in [1.807, 2.05) is 6.20 Å². The van der Waals surface area contributed by atoms with Crippen molar-refractivity contribution in [2.45, 2.75) is 125 Å². The van der Waals surface area contributed by atoms with Gasteiger partial charge < -0.3 is 5.11 Å². The predicted octanol–water partition coefficient (Wildman–Crippen LogP) is 16.7. The standard InChI is InChI=1S/C61H66N3O.Pt/c1-37(2)43-33-50(38(3)4)57(65)52(34-43)58-63-56-49(44-30-45(32-48(31-44)61(12,13)14)53-35-42(28-29-62-53)40-20-18-39(5)19-21-40)16-15-17-55(56)64(58)54-27-26-47(60(9,10)11)36-51(54)41-22-24-46(25-23-41)59(6,7)8;/h15-29,31-38,65H,1-14H3;/q-1;. The van der Waals surface area contributed by atoms with E-state index in [1.54, 1.807) is 0 Å². The smallest absolute Gasteiger partial charge is 0.148 e. The molecule has 4 nitrogen and oxygen atoms in total. The fourth-order valence-electron chi connectivity index (χ4n) is 8.73. The van der Waals surface area contributed by atoms with Crippen LogP contribution >= 0.6 is 0 Å². The molecule has 0 bridgehead atoms. The summed E-state index contributed by atoms with van der Waals surface area (Å²) in [6, 6.07) is 48.0. The number of aryl methyl sites for hydroxylation is 1. The Hall–Kier alpha value is -5.57. The van der Waals surface area contributed by atoms with Gasteiger partial charge in [-0.1, -0.05) is 186 Å². The average molecular weight is 1050 g/mol. The Kier molecular flexibility index (Phi) is 13.4. The second kappa shape index (κ2) is 18.3. The molecule has 8 rings (SSSR count). The molecule has 0 spiro atoms. The first-order valence-electron chi connectivity index (χ1n) is 23.3. The fourth-order valence-corrected chi connectivity index (χ4v) is 8.73. The largest absolute Gasteiger partial charge is 0.507 e. The van der Waals surface area contributed by atoms with Crippen LogP contribution in [0, 0.1) is 13.0 Å². The van der Waals surface area contributed by atoms with Crippen LogP contribution in [-0.2, 0) is 37.3 Å². The third-order valence-electron chi connectivity index (χ3n) is 13.0. The summed E-state index contributed by atoms with van der Waals surface area (Å²) in [7, 11) is 0. The van der Waals surface area contributed by atoms with E-state index in [2.05, 4.69) is 229 Å². The number of imidazole rings is 1. The molecule has 0 aliphatic heterocycles.